The first-order valence-electron chi connectivity index (χ1n) is 3.70. The van der Waals surface area contributed by atoms with Gasteiger partial charge in [-0.05, 0) is 19.3 Å². The molecule has 2 nitrogen and oxygen atoms in total. The van der Waals surface area contributed by atoms with Crippen molar-refractivity contribution in [2.45, 2.75) is 25.9 Å². The van der Waals surface area contributed by atoms with Crippen LogP contribution in [0.3, 0.4) is 0 Å². The summed E-state index contributed by atoms with van der Waals surface area (Å²) in [6.07, 6.45) is 0.367. The molecule has 0 N–H and O–H groups in total. The van der Waals surface area contributed by atoms with Gasteiger partial charge in [0.2, 0.25) is 0 Å². The minimum atomic E-state index is -3.11. The molecule has 0 aliphatic carbocycles. The first kappa shape index (κ1) is 8.97. The molecule has 1 rings (SSSR count). The van der Waals surface area contributed by atoms with Crippen molar-refractivity contribution in [2.24, 2.45) is 5.92 Å². The number of rotatable bonds is 0. The molecule has 0 aromatic heterocycles. The zero-order valence-corrected chi connectivity index (χ0v) is 7.62. The SMILES string of the molecule is CC1CC(C)(F)CS(=O)(=O)C1. The maximum atomic E-state index is 13.2. The molecule has 0 bridgehead atoms. The van der Waals surface area contributed by atoms with Crippen molar-refractivity contribution in [3.05, 3.63) is 0 Å². The summed E-state index contributed by atoms with van der Waals surface area (Å²) in [5.41, 5.74) is -1.50. The number of hydrogen-bond donors (Lipinski definition) is 0. The van der Waals surface area contributed by atoms with Gasteiger partial charge in [-0.1, -0.05) is 6.92 Å². The molecule has 66 valence electrons. The van der Waals surface area contributed by atoms with Crippen LogP contribution in [0.4, 0.5) is 4.39 Å². The number of alkyl halides is 1. The molecule has 0 radical (unpaired) electrons. The smallest absolute Gasteiger partial charge is 0.153 e. The van der Waals surface area contributed by atoms with E-state index in [1.54, 1.807) is 6.92 Å². The van der Waals surface area contributed by atoms with Crippen LogP contribution in [0, 0.1) is 5.92 Å². The van der Waals surface area contributed by atoms with Crippen LogP contribution < -0.4 is 0 Å². The largest absolute Gasteiger partial charge is 0.243 e. The molecule has 0 aromatic carbocycles. The molecule has 0 spiro atoms. The molecule has 1 fully saturated rings. The summed E-state index contributed by atoms with van der Waals surface area (Å²) in [5.74, 6) is -0.194. The van der Waals surface area contributed by atoms with Crippen LogP contribution in [0.25, 0.3) is 0 Å². The second kappa shape index (κ2) is 2.44. The Kier molecular flexibility index (Phi) is 1.99. The molecule has 2 atom stereocenters. The van der Waals surface area contributed by atoms with Crippen molar-refractivity contribution in [1.29, 1.82) is 0 Å². The van der Waals surface area contributed by atoms with E-state index >= 15 is 0 Å². The minimum absolute atomic E-state index is 0.0382. The van der Waals surface area contributed by atoms with Gasteiger partial charge in [-0.25, -0.2) is 12.8 Å². The van der Waals surface area contributed by atoms with Gasteiger partial charge < -0.3 is 0 Å². The van der Waals surface area contributed by atoms with Crippen LogP contribution in [0.1, 0.15) is 20.3 Å². The van der Waals surface area contributed by atoms with Crippen LogP contribution in [0.2, 0.25) is 0 Å². The number of halogens is 1. The maximum absolute atomic E-state index is 13.2. The highest BCUT2D eigenvalue weighted by molar-refractivity contribution is 7.91. The Labute approximate surface area is 66.7 Å². The fraction of sp³-hybridized carbons (Fsp3) is 1.00. The van der Waals surface area contributed by atoms with Gasteiger partial charge in [-0.2, -0.15) is 0 Å². The fourth-order valence-corrected chi connectivity index (χ4v) is 3.93. The Hall–Kier alpha value is -0.120. The lowest BCUT2D eigenvalue weighted by Gasteiger charge is -2.29. The molecule has 1 saturated heterocycles. The quantitative estimate of drug-likeness (QED) is 0.560. The van der Waals surface area contributed by atoms with Crippen molar-refractivity contribution < 1.29 is 12.8 Å². The van der Waals surface area contributed by atoms with Crippen molar-refractivity contribution in [3.8, 4) is 0 Å². The van der Waals surface area contributed by atoms with E-state index in [1.165, 1.54) is 6.92 Å². The predicted octanol–water partition coefficient (Wildman–Crippen LogP) is 1.17. The van der Waals surface area contributed by atoms with E-state index in [1.807, 2.05) is 0 Å². The zero-order chi connectivity index (χ0) is 8.70. The molecular formula is C7H13FO2S. The normalized spacial score (nSPS) is 43.7. The van der Waals surface area contributed by atoms with Crippen molar-refractivity contribution >= 4 is 9.84 Å². The molecular weight excluding hydrogens is 167 g/mol. The molecule has 1 aliphatic heterocycles. The van der Waals surface area contributed by atoms with Crippen LogP contribution in [0.15, 0.2) is 0 Å². The monoisotopic (exact) mass is 180 g/mol. The summed E-state index contributed by atoms with van der Waals surface area (Å²) in [7, 11) is -3.11. The van der Waals surface area contributed by atoms with E-state index in [2.05, 4.69) is 0 Å². The minimum Gasteiger partial charge on any atom is -0.243 e. The van der Waals surface area contributed by atoms with Crippen LogP contribution in [0.5, 0.6) is 0 Å². The summed E-state index contributed by atoms with van der Waals surface area (Å²) in [6.45, 7) is 3.13. The summed E-state index contributed by atoms with van der Waals surface area (Å²) < 4.78 is 35.3. The van der Waals surface area contributed by atoms with Gasteiger partial charge in [0.05, 0.1) is 11.5 Å². The highest BCUT2D eigenvalue weighted by Crippen LogP contribution is 2.29. The van der Waals surface area contributed by atoms with E-state index in [-0.39, 0.29) is 17.4 Å². The van der Waals surface area contributed by atoms with Gasteiger partial charge in [-0.3, -0.25) is 0 Å². The summed E-state index contributed by atoms with van der Waals surface area (Å²) in [4.78, 5) is 0. The van der Waals surface area contributed by atoms with E-state index in [0.29, 0.717) is 6.42 Å². The van der Waals surface area contributed by atoms with Crippen molar-refractivity contribution in [3.63, 3.8) is 0 Å². The van der Waals surface area contributed by atoms with E-state index in [0.717, 1.165) is 0 Å². The predicted molar refractivity (Wildman–Crippen MR) is 41.9 cm³/mol. The second-order valence-corrected chi connectivity index (χ2v) is 5.89. The highest BCUT2D eigenvalue weighted by Gasteiger charge is 2.38. The van der Waals surface area contributed by atoms with E-state index in [9.17, 15) is 12.8 Å². The Morgan fingerprint density at radius 1 is 1.55 bits per heavy atom. The number of sulfone groups is 1. The standard InChI is InChI=1S/C7H13FO2S/c1-6-3-7(2,8)5-11(9,10)4-6/h6H,3-5H2,1-2H3. The summed E-state index contributed by atoms with van der Waals surface area (Å²) in [5, 5.41) is 0. The van der Waals surface area contributed by atoms with Gasteiger partial charge in [-0.15, -0.1) is 0 Å². The number of hydrogen-bond acceptors (Lipinski definition) is 2. The van der Waals surface area contributed by atoms with E-state index < -0.39 is 15.5 Å². The Morgan fingerprint density at radius 3 is 2.45 bits per heavy atom. The lowest BCUT2D eigenvalue weighted by Crippen LogP contribution is -2.39. The first-order chi connectivity index (χ1) is 4.81. The fourth-order valence-electron chi connectivity index (χ4n) is 1.80. The van der Waals surface area contributed by atoms with Gasteiger partial charge in [0.15, 0.2) is 9.84 Å². The molecule has 2 unspecified atom stereocenters. The molecule has 1 aliphatic rings. The zero-order valence-electron chi connectivity index (χ0n) is 6.80. The average molecular weight is 180 g/mol. The summed E-state index contributed by atoms with van der Waals surface area (Å²) >= 11 is 0. The molecule has 4 heteroatoms. The van der Waals surface area contributed by atoms with Crippen molar-refractivity contribution in [1.82, 2.24) is 0 Å². The summed E-state index contributed by atoms with van der Waals surface area (Å²) in [6, 6.07) is 0. The van der Waals surface area contributed by atoms with Crippen LogP contribution in [-0.4, -0.2) is 25.6 Å². The Balaban J connectivity index is 2.83. The molecule has 0 saturated carbocycles. The maximum Gasteiger partial charge on any atom is 0.153 e. The third-order valence-electron chi connectivity index (χ3n) is 1.83. The van der Waals surface area contributed by atoms with Gasteiger partial charge >= 0.3 is 0 Å². The van der Waals surface area contributed by atoms with Gasteiger partial charge in [0.25, 0.3) is 0 Å². The third-order valence-corrected chi connectivity index (χ3v) is 3.95. The second-order valence-electron chi connectivity index (χ2n) is 3.78. The van der Waals surface area contributed by atoms with Crippen molar-refractivity contribution in [2.75, 3.05) is 11.5 Å². The first-order valence-corrected chi connectivity index (χ1v) is 5.52. The van der Waals surface area contributed by atoms with E-state index in [4.69, 9.17) is 0 Å². The molecule has 0 aromatic rings. The average Bonchev–Trinajstić information content (AvgIpc) is 1.49. The third kappa shape index (κ3) is 2.43. The molecule has 0 amide bonds. The highest BCUT2D eigenvalue weighted by atomic mass is 32.2. The van der Waals surface area contributed by atoms with Gasteiger partial charge in [0.1, 0.15) is 5.67 Å². The van der Waals surface area contributed by atoms with Gasteiger partial charge in [0, 0.05) is 0 Å². The molecule has 11 heavy (non-hydrogen) atoms. The lowest BCUT2D eigenvalue weighted by atomic mass is 9.97. The Morgan fingerprint density at radius 2 is 2.09 bits per heavy atom. The Bertz CT molecular complexity index is 243. The molecule has 1 heterocycles. The topological polar surface area (TPSA) is 34.1 Å². The van der Waals surface area contributed by atoms with Crippen LogP contribution >= 0.6 is 0 Å². The lowest BCUT2D eigenvalue weighted by molar-refractivity contribution is 0.173. The van der Waals surface area contributed by atoms with Crippen LogP contribution in [-0.2, 0) is 9.84 Å².